The minimum absolute atomic E-state index is 0.141. The second-order valence-corrected chi connectivity index (χ2v) is 5.85. The van der Waals surface area contributed by atoms with Crippen molar-refractivity contribution in [2.75, 3.05) is 13.2 Å². The van der Waals surface area contributed by atoms with Gasteiger partial charge < -0.3 is 19.5 Å². The van der Waals surface area contributed by atoms with Gasteiger partial charge in [-0.15, -0.1) is 0 Å². The third kappa shape index (κ3) is 3.79. The second-order valence-electron chi connectivity index (χ2n) is 5.85. The summed E-state index contributed by atoms with van der Waals surface area (Å²) in [4.78, 5) is 12.3. The van der Waals surface area contributed by atoms with E-state index in [1.807, 2.05) is 56.3 Å². The first-order valence-electron chi connectivity index (χ1n) is 8.01. The predicted molar refractivity (Wildman–Crippen MR) is 90.6 cm³/mol. The van der Waals surface area contributed by atoms with Crippen molar-refractivity contribution in [2.45, 2.75) is 26.0 Å². The number of rotatable bonds is 5. The maximum absolute atomic E-state index is 12.3. The summed E-state index contributed by atoms with van der Waals surface area (Å²) in [6, 6.07) is 15.0. The Bertz CT molecular complexity index is 716. The summed E-state index contributed by atoms with van der Waals surface area (Å²) in [5.41, 5.74) is 1.07. The molecule has 0 radical (unpaired) electrons. The van der Waals surface area contributed by atoms with Gasteiger partial charge in [-0.3, -0.25) is 4.79 Å². The zero-order chi connectivity index (χ0) is 16.9. The number of ether oxygens (including phenoxy) is 3. The van der Waals surface area contributed by atoms with Gasteiger partial charge in [0.05, 0.1) is 6.04 Å². The Kier molecular flexibility index (Phi) is 4.89. The van der Waals surface area contributed by atoms with Gasteiger partial charge in [-0.1, -0.05) is 30.3 Å². The van der Waals surface area contributed by atoms with E-state index in [4.69, 9.17) is 14.2 Å². The van der Waals surface area contributed by atoms with Crippen LogP contribution in [0.25, 0.3) is 0 Å². The highest BCUT2D eigenvalue weighted by atomic mass is 16.6. The largest absolute Gasteiger partial charge is 0.491 e. The van der Waals surface area contributed by atoms with Crippen LogP contribution in [-0.2, 0) is 4.79 Å². The molecule has 0 saturated heterocycles. The number of aryl methyl sites for hydroxylation is 1. The fourth-order valence-electron chi connectivity index (χ4n) is 2.46. The van der Waals surface area contributed by atoms with Crippen LogP contribution in [0, 0.1) is 6.92 Å². The molecule has 1 aliphatic heterocycles. The van der Waals surface area contributed by atoms with Gasteiger partial charge in [0, 0.05) is 0 Å². The third-order valence-corrected chi connectivity index (χ3v) is 3.77. The van der Waals surface area contributed by atoms with Crippen LogP contribution in [0.15, 0.2) is 48.5 Å². The maximum atomic E-state index is 12.3. The van der Waals surface area contributed by atoms with E-state index in [1.165, 1.54) is 0 Å². The Labute approximate surface area is 141 Å². The molecular weight excluding hydrogens is 306 g/mol. The van der Waals surface area contributed by atoms with Gasteiger partial charge in [-0.25, -0.2) is 0 Å². The molecule has 2 atom stereocenters. The first-order valence-corrected chi connectivity index (χ1v) is 8.01. The zero-order valence-electron chi connectivity index (χ0n) is 13.8. The molecule has 0 aromatic heterocycles. The molecule has 2 aromatic carbocycles. The van der Waals surface area contributed by atoms with Gasteiger partial charge in [0.1, 0.15) is 19.0 Å². The third-order valence-electron chi connectivity index (χ3n) is 3.77. The van der Waals surface area contributed by atoms with Gasteiger partial charge >= 0.3 is 0 Å². The molecule has 5 nitrogen and oxygen atoms in total. The molecule has 0 bridgehead atoms. The topological polar surface area (TPSA) is 56.8 Å². The molecule has 5 heteroatoms. The van der Waals surface area contributed by atoms with E-state index in [-0.39, 0.29) is 18.6 Å². The zero-order valence-corrected chi connectivity index (χ0v) is 13.8. The molecule has 0 saturated carbocycles. The van der Waals surface area contributed by atoms with Crippen LogP contribution in [0.1, 0.15) is 12.5 Å². The number of benzene rings is 2. The van der Waals surface area contributed by atoms with Crippen LogP contribution in [0.4, 0.5) is 0 Å². The molecule has 1 N–H and O–H groups in total. The quantitative estimate of drug-likeness (QED) is 0.917. The molecule has 0 unspecified atom stereocenters. The predicted octanol–water partition coefficient (Wildman–Crippen LogP) is 2.72. The number of amides is 1. The molecular formula is C19H21NO4. The standard InChI is InChI=1S/C19H21NO4/c1-13-7-3-4-8-15(13)22-11-14(2)20-19(21)18-12-23-16-9-5-6-10-17(16)24-18/h3-10,14,18H,11-12H2,1-2H3,(H,20,21)/t14-,18-/m1/s1. The van der Waals surface area contributed by atoms with Crippen LogP contribution in [0.3, 0.4) is 0 Å². The Morgan fingerprint density at radius 1 is 1.21 bits per heavy atom. The van der Waals surface area contributed by atoms with Crippen molar-refractivity contribution < 1.29 is 19.0 Å². The number of hydrogen-bond donors (Lipinski definition) is 1. The van der Waals surface area contributed by atoms with Crippen LogP contribution in [-0.4, -0.2) is 31.3 Å². The average Bonchev–Trinajstić information content (AvgIpc) is 2.60. The van der Waals surface area contributed by atoms with Crippen LogP contribution < -0.4 is 19.5 Å². The van der Waals surface area contributed by atoms with Gasteiger partial charge in [0.15, 0.2) is 11.5 Å². The highest BCUT2D eigenvalue weighted by Crippen LogP contribution is 2.30. The fraction of sp³-hybridized carbons (Fsp3) is 0.316. The summed E-state index contributed by atoms with van der Waals surface area (Å²) >= 11 is 0. The van der Waals surface area contributed by atoms with Crippen LogP contribution in [0.2, 0.25) is 0 Å². The first-order chi connectivity index (χ1) is 11.6. The van der Waals surface area contributed by atoms with Crippen LogP contribution >= 0.6 is 0 Å². The van der Waals surface area contributed by atoms with Crippen molar-refractivity contribution in [3.63, 3.8) is 0 Å². The minimum atomic E-state index is -0.652. The summed E-state index contributed by atoms with van der Waals surface area (Å²) in [5, 5.41) is 2.90. The molecule has 1 amide bonds. The first kappa shape index (κ1) is 16.2. The highest BCUT2D eigenvalue weighted by molar-refractivity contribution is 5.82. The van der Waals surface area contributed by atoms with Crippen LogP contribution in [0.5, 0.6) is 17.2 Å². The summed E-state index contributed by atoms with van der Waals surface area (Å²) in [7, 11) is 0. The van der Waals surface area contributed by atoms with Crippen molar-refractivity contribution in [3.05, 3.63) is 54.1 Å². The van der Waals surface area contributed by atoms with E-state index in [1.54, 1.807) is 6.07 Å². The minimum Gasteiger partial charge on any atom is -0.491 e. The fourth-order valence-corrected chi connectivity index (χ4v) is 2.46. The number of carbonyl (C=O) groups excluding carboxylic acids is 1. The SMILES string of the molecule is Cc1ccccc1OC[C@@H](C)NC(=O)[C@H]1COc2ccccc2O1. The molecule has 3 rings (SSSR count). The lowest BCUT2D eigenvalue weighted by Gasteiger charge is -2.26. The van der Waals surface area contributed by atoms with Crippen molar-refractivity contribution in [2.24, 2.45) is 0 Å². The smallest absolute Gasteiger partial charge is 0.265 e. The molecule has 24 heavy (non-hydrogen) atoms. The van der Waals surface area contributed by atoms with E-state index < -0.39 is 6.10 Å². The van der Waals surface area contributed by atoms with E-state index in [9.17, 15) is 4.79 Å². The Morgan fingerprint density at radius 2 is 1.92 bits per heavy atom. The summed E-state index contributed by atoms with van der Waals surface area (Å²) in [6.07, 6.45) is -0.652. The van der Waals surface area contributed by atoms with Gasteiger partial charge in [-0.05, 0) is 37.6 Å². The second kappa shape index (κ2) is 7.25. The van der Waals surface area contributed by atoms with Gasteiger partial charge in [0.25, 0.3) is 5.91 Å². The molecule has 0 spiro atoms. The van der Waals surface area contributed by atoms with Crippen molar-refractivity contribution in [1.29, 1.82) is 0 Å². The lowest BCUT2D eigenvalue weighted by molar-refractivity contribution is -0.131. The van der Waals surface area contributed by atoms with Gasteiger partial charge in [-0.2, -0.15) is 0 Å². The maximum Gasteiger partial charge on any atom is 0.265 e. The molecule has 1 aliphatic rings. The Balaban J connectivity index is 1.51. The lowest BCUT2D eigenvalue weighted by Crippen LogP contribution is -2.48. The Morgan fingerprint density at radius 3 is 2.71 bits per heavy atom. The molecule has 0 aliphatic carbocycles. The summed E-state index contributed by atoms with van der Waals surface area (Å²) < 4.78 is 17.0. The molecule has 1 heterocycles. The highest BCUT2D eigenvalue weighted by Gasteiger charge is 2.28. The monoisotopic (exact) mass is 327 g/mol. The number of hydrogen-bond acceptors (Lipinski definition) is 4. The number of carbonyl (C=O) groups is 1. The normalized spacial score (nSPS) is 17.0. The van der Waals surface area contributed by atoms with E-state index in [0.717, 1.165) is 11.3 Å². The van der Waals surface area contributed by atoms with Gasteiger partial charge in [0.2, 0.25) is 6.10 Å². The summed E-state index contributed by atoms with van der Waals surface area (Å²) in [6.45, 7) is 4.48. The van der Waals surface area contributed by atoms with E-state index >= 15 is 0 Å². The lowest BCUT2D eigenvalue weighted by atomic mass is 10.2. The average molecular weight is 327 g/mol. The van der Waals surface area contributed by atoms with Crippen molar-refractivity contribution in [3.8, 4) is 17.2 Å². The molecule has 126 valence electrons. The number of para-hydroxylation sites is 3. The molecule has 0 fully saturated rings. The molecule has 2 aromatic rings. The van der Waals surface area contributed by atoms with E-state index in [2.05, 4.69) is 5.32 Å². The van der Waals surface area contributed by atoms with Crippen molar-refractivity contribution >= 4 is 5.91 Å². The summed E-state index contributed by atoms with van der Waals surface area (Å²) in [5.74, 6) is 1.88. The Hall–Kier alpha value is -2.69. The van der Waals surface area contributed by atoms with Crippen molar-refractivity contribution in [1.82, 2.24) is 5.32 Å². The van der Waals surface area contributed by atoms with E-state index in [0.29, 0.717) is 18.1 Å². The number of fused-ring (bicyclic) bond motifs is 1. The number of nitrogens with one attached hydrogen (secondary N) is 1.